The molecule has 2 heterocycles. The highest BCUT2D eigenvalue weighted by molar-refractivity contribution is 6.31. The predicted molar refractivity (Wildman–Crippen MR) is 79.3 cm³/mol. The summed E-state index contributed by atoms with van der Waals surface area (Å²) in [5, 5.41) is 4.79. The van der Waals surface area contributed by atoms with Gasteiger partial charge in [-0.15, -0.1) is 0 Å². The highest BCUT2D eigenvalue weighted by atomic mass is 35.5. The molecule has 0 saturated carbocycles. The molecule has 0 aliphatic carbocycles. The Morgan fingerprint density at radius 2 is 2.00 bits per heavy atom. The number of nitrogens with zero attached hydrogens (tertiary/aromatic N) is 2. The summed E-state index contributed by atoms with van der Waals surface area (Å²) in [6, 6.07) is 7.67. The summed E-state index contributed by atoms with van der Waals surface area (Å²) in [6.45, 7) is 1.85. The van der Waals surface area contributed by atoms with Gasteiger partial charge in [-0.3, -0.25) is 0 Å². The summed E-state index contributed by atoms with van der Waals surface area (Å²) in [7, 11) is 0. The summed E-state index contributed by atoms with van der Waals surface area (Å²) in [5.41, 5.74) is 6.69. The minimum Gasteiger partial charge on any atom is -0.381 e. The number of benzene rings is 1. The largest absolute Gasteiger partial charge is 0.381 e. The van der Waals surface area contributed by atoms with Gasteiger partial charge in [-0.1, -0.05) is 35.0 Å². The summed E-state index contributed by atoms with van der Waals surface area (Å²) >= 11 is 6.16. The van der Waals surface area contributed by atoms with Crippen molar-refractivity contribution < 1.29 is 9.26 Å². The standard InChI is InChI=1S/C15H18ClN3O2/c16-12-4-2-1-3-11(12)9-13-18-14(21-19-13)15(10-17)5-7-20-8-6-15/h1-4H,5-10,17H2. The van der Waals surface area contributed by atoms with E-state index >= 15 is 0 Å². The molecule has 0 amide bonds. The zero-order valence-corrected chi connectivity index (χ0v) is 12.5. The van der Waals surface area contributed by atoms with Gasteiger partial charge in [0.15, 0.2) is 5.82 Å². The summed E-state index contributed by atoms with van der Waals surface area (Å²) in [4.78, 5) is 4.54. The van der Waals surface area contributed by atoms with Crippen LogP contribution in [-0.2, 0) is 16.6 Å². The molecule has 21 heavy (non-hydrogen) atoms. The Bertz CT molecular complexity index is 608. The second-order valence-corrected chi connectivity index (χ2v) is 5.79. The molecule has 6 heteroatoms. The van der Waals surface area contributed by atoms with Gasteiger partial charge in [-0.05, 0) is 24.5 Å². The van der Waals surface area contributed by atoms with E-state index in [2.05, 4.69) is 10.1 Å². The molecule has 0 spiro atoms. The van der Waals surface area contributed by atoms with Crippen molar-refractivity contribution >= 4 is 11.6 Å². The number of nitrogens with two attached hydrogens (primary N) is 1. The van der Waals surface area contributed by atoms with Gasteiger partial charge in [0.1, 0.15) is 0 Å². The van der Waals surface area contributed by atoms with Crippen LogP contribution in [0.15, 0.2) is 28.8 Å². The second kappa shape index (κ2) is 6.13. The summed E-state index contributed by atoms with van der Waals surface area (Å²) in [6.07, 6.45) is 2.19. The van der Waals surface area contributed by atoms with E-state index in [1.54, 1.807) is 0 Å². The van der Waals surface area contributed by atoms with Crippen molar-refractivity contribution in [2.75, 3.05) is 19.8 Å². The number of hydrogen-bond donors (Lipinski definition) is 1. The lowest BCUT2D eigenvalue weighted by Crippen LogP contribution is -2.40. The normalized spacial score (nSPS) is 17.8. The maximum Gasteiger partial charge on any atom is 0.234 e. The molecule has 5 nitrogen and oxygen atoms in total. The van der Waals surface area contributed by atoms with Gasteiger partial charge >= 0.3 is 0 Å². The van der Waals surface area contributed by atoms with E-state index in [1.807, 2.05) is 24.3 Å². The molecule has 1 aliphatic heterocycles. The van der Waals surface area contributed by atoms with Crippen molar-refractivity contribution in [3.8, 4) is 0 Å². The minimum atomic E-state index is -0.246. The van der Waals surface area contributed by atoms with Crippen LogP contribution in [0.2, 0.25) is 5.02 Å². The van der Waals surface area contributed by atoms with Crippen LogP contribution in [0, 0.1) is 0 Å². The molecule has 0 unspecified atom stereocenters. The van der Waals surface area contributed by atoms with Crippen LogP contribution in [0.1, 0.15) is 30.1 Å². The van der Waals surface area contributed by atoms with E-state index < -0.39 is 0 Å². The van der Waals surface area contributed by atoms with Crippen molar-refractivity contribution in [1.29, 1.82) is 0 Å². The van der Waals surface area contributed by atoms with Crippen molar-refractivity contribution in [1.82, 2.24) is 10.1 Å². The highest BCUT2D eigenvalue weighted by Gasteiger charge is 2.38. The summed E-state index contributed by atoms with van der Waals surface area (Å²) < 4.78 is 10.9. The fourth-order valence-corrected chi connectivity index (χ4v) is 2.82. The van der Waals surface area contributed by atoms with Crippen LogP contribution in [0.5, 0.6) is 0 Å². The SMILES string of the molecule is NCC1(c2nc(Cc3ccccc3Cl)no2)CCOCC1. The van der Waals surface area contributed by atoms with Crippen molar-refractivity contribution in [2.45, 2.75) is 24.7 Å². The molecule has 3 rings (SSSR count). The summed E-state index contributed by atoms with van der Waals surface area (Å²) in [5.74, 6) is 1.26. The van der Waals surface area contributed by atoms with Gasteiger partial charge in [-0.25, -0.2) is 0 Å². The van der Waals surface area contributed by atoms with Crippen LogP contribution in [0.3, 0.4) is 0 Å². The van der Waals surface area contributed by atoms with E-state index in [0.717, 1.165) is 18.4 Å². The maximum absolute atomic E-state index is 6.16. The van der Waals surface area contributed by atoms with E-state index in [0.29, 0.717) is 42.9 Å². The third kappa shape index (κ3) is 2.95. The molecule has 112 valence electrons. The lowest BCUT2D eigenvalue weighted by Gasteiger charge is -2.32. The Balaban J connectivity index is 1.81. The lowest BCUT2D eigenvalue weighted by atomic mass is 9.80. The topological polar surface area (TPSA) is 74.2 Å². The zero-order valence-electron chi connectivity index (χ0n) is 11.7. The lowest BCUT2D eigenvalue weighted by molar-refractivity contribution is 0.0409. The molecule has 0 atom stereocenters. The Hall–Kier alpha value is -1.43. The second-order valence-electron chi connectivity index (χ2n) is 5.38. The zero-order chi connectivity index (χ0) is 14.7. The van der Waals surface area contributed by atoms with Gasteiger partial charge in [0.2, 0.25) is 5.89 Å². The first-order valence-corrected chi connectivity index (χ1v) is 7.46. The molecular weight excluding hydrogens is 290 g/mol. The minimum absolute atomic E-state index is 0.246. The molecular formula is C15H18ClN3O2. The van der Waals surface area contributed by atoms with Crippen LogP contribution in [0.4, 0.5) is 0 Å². The van der Waals surface area contributed by atoms with E-state index in [4.69, 9.17) is 26.6 Å². The Labute approximate surface area is 128 Å². The Kier molecular flexibility index (Phi) is 4.24. The Morgan fingerprint density at radius 1 is 1.24 bits per heavy atom. The fourth-order valence-electron chi connectivity index (χ4n) is 2.62. The van der Waals surface area contributed by atoms with E-state index in [1.165, 1.54) is 0 Å². The van der Waals surface area contributed by atoms with Crippen LogP contribution >= 0.6 is 11.6 Å². The van der Waals surface area contributed by atoms with Crippen LogP contribution in [-0.4, -0.2) is 29.9 Å². The maximum atomic E-state index is 6.16. The number of ether oxygens (including phenoxy) is 1. The number of rotatable bonds is 4. The average Bonchev–Trinajstić information content (AvgIpc) is 2.99. The first-order valence-electron chi connectivity index (χ1n) is 7.08. The molecule has 1 aromatic carbocycles. The number of aromatic nitrogens is 2. The number of hydrogen-bond acceptors (Lipinski definition) is 5. The first kappa shape index (κ1) is 14.5. The van der Waals surface area contributed by atoms with Gasteiger partial charge in [0, 0.05) is 31.2 Å². The van der Waals surface area contributed by atoms with E-state index in [-0.39, 0.29) is 5.41 Å². The molecule has 2 aromatic rings. The predicted octanol–water partition coefficient (Wildman–Crippen LogP) is 2.32. The van der Waals surface area contributed by atoms with Crippen molar-refractivity contribution in [3.05, 3.63) is 46.6 Å². The van der Waals surface area contributed by atoms with Crippen LogP contribution in [0.25, 0.3) is 0 Å². The smallest absolute Gasteiger partial charge is 0.234 e. The van der Waals surface area contributed by atoms with Crippen molar-refractivity contribution in [2.24, 2.45) is 5.73 Å². The highest BCUT2D eigenvalue weighted by Crippen LogP contribution is 2.33. The van der Waals surface area contributed by atoms with Crippen molar-refractivity contribution in [3.63, 3.8) is 0 Å². The average molecular weight is 308 g/mol. The molecule has 0 radical (unpaired) electrons. The molecule has 1 saturated heterocycles. The van der Waals surface area contributed by atoms with Gasteiger partial charge < -0.3 is 15.0 Å². The molecule has 1 aliphatic rings. The third-order valence-corrected chi connectivity index (χ3v) is 4.44. The monoisotopic (exact) mass is 307 g/mol. The van der Waals surface area contributed by atoms with Gasteiger partial charge in [0.25, 0.3) is 0 Å². The third-order valence-electron chi connectivity index (χ3n) is 4.07. The van der Waals surface area contributed by atoms with Gasteiger partial charge in [-0.2, -0.15) is 4.98 Å². The first-order chi connectivity index (χ1) is 10.2. The van der Waals surface area contributed by atoms with Gasteiger partial charge in [0.05, 0.1) is 5.41 Å². The molecule has 0 bridgehead atoms. The number of halogens is 1. The quantitative estimate of drug-likeness (QED) is 0.938. The van der Waals surface area contributed by atoms with E-state index in [9.17, 15) is 0 Å². The molecule has 1 aromatic heterocycles. The van der Waals surface area contributed by atoms with Crippen LogP contribution < -0.4 is 5.73 Å². The molecule has 1 fully saturated rings. The molecule has 2 N–H and O–H groups in total. The Morgan fingerprint density at radius 3 is 2.71 bits per heavy atom. The fraction of sp³-hybridized carbons (Fsp3) is 0.467.